The van der Waals surface area contributed by atoms with E-state index in [1.165, 1.54) is 16.4 Å². The zero-order valence-electron chi connectivity index (χ0n) is 14.1. The molecule has 1 aromatic heterocycles. The maximum absolute atomic E-state index is 13.0. The maximum Gasteiger partial charge on any atom is 0.243 e. The van der Waals surface area contributed by atoms with Gasteiger partial charge in [-0.3, -0.25) is 9.78 Å². The van der Waals surface area contributed by atoms with Crippen LogP contribution in [-0.2, 0) is 21.4 Å². The number of nitrogens with one attached hydrogen (secondary N) is 1. The lowest BCUT2D eigenvalue weighted by molar-refractivity contribution is -0.126. The first kappa shape index (κ1) is 18.5. The molecule has 1 N–H and O–H groups in total. The molecule has 0 radical (unpaired) electrons. The first-order valence-corrected chi connectivity index (χ1v) is 9.83. The summed E-state index contributed by atoms with van der Waals surface area (Å²) in [6, 6.07) is 8.36. The maximum atomic E-state index is 13.0. The molecule has 0 spiro atoms. The molecule has 1 fully saturated rings. The average molecular weight is 377 g/mol. The molecule has 1 atom stereocenters. The van der Waals surface area contributed by atoms with Gasteiger partial charge in [-0.2, -0.15) is 4.31 Å². The monoisotopic (exact) mass is 377 g/mol. The van der Waals surface area contributed by atoms with Crippen molar-refractivity contribution in [2.24, 2.45) is 5.92 Å². The predicted octanol–water partition coefficient (Wildman–Crippen LogP) is 1.94. The van der Waals surface area contributed by atoms with Crippen LogP contribution in [0.3, 0.4) is 0 Å². The molecule has 1 amide bonds. The summed E-state index contributed by atoms with van der Waals surface area (Å²) in [5.41, 5.74) is 0.931. The summed E-state index contributed by atoms with van der Waals surface area (Å²) in [4.78, 5) is 16.4. The number of hydrogen-bond donors (Lipinski definition) is 1. The Morgan fingerprint density at radius 2 is 1.88 bits per heavy atom. The van der Waals surface area contributed by atoms with Crippen molar-refractivity contribution in [3.05, 3.63) is 60.2 Å². The molecule has 1 unspecified atom stereocenters. The Morgan fingerprint density at radius 1 is 1.19 bits per heavy atom. The zero-order valence-corrected chi connectivity index (χ0v) is 15.0. The standard InChI is InChI=1S/C18H20FN3O3S/c19-16-3-5-17(6-4-16)26(24,25)22-11-1-2-15(13-22)18(23)21-12-14-7-9-20-10-8-14/h3-10,15H,1-2,11-13H2,(H,21,23). The summed E-state index contributed by atoms with van der Waals surface area (Å²) in [6.07, 6.45) is 4.55. The fraction of sp³-hybridized carbons (Fsp3) is 0.333. The van der Waals surface area contributed by atoms with Crippen LogP contribution in [0, 0.1) is 11.7 Å². The number of amides is 1. The van der Waals surface area contributed by atoms with Crippen LogP contribution < -0.4 is 5.32 Å². The molecule has 2 aromatic rings. The molecular formula is C18H20FN3O3S. The Morgan fingerprint density at radius 3 is 2.58 bits per heavy atom. The number of piperidine rings is 1. The van der Waals surface area contributed by atoms with E-state index < -0.39 is 21.8 Å². The van der Waals surface area contributed by atoms with Crippen molar-refractivity contribution in [3.63, 3.8) is 0 Å². The number of rotatable bonds is 5. The van der Waals surface area contributed by atoms with Crippen LogP contribution in [0.25, 0.3) is 0 Å². The average Bonchev–Trinajstić information content (AvgIpc) is 2.67. The van der Waals surface area contributed by atoms with Crippen molar-refractivity contribution in [3.8, 4) is 0 Å². The second kappa shape index (κ2) is 7.92. The summed E-state index contributed by atoms with van der Waals surface area (Å²) in [6.45, 7) is 0.859. The van der Waals surface area contributed by atoms with E-state index in [1.54, 1.807) is 12.4 Å². The third-order valence-corrected chi connectivity index (χ3v) is 6.30. The van der Waals surface area contributed by atoms with Gasteiger partial charge in [-0.1, -0.05) is 0 Å². The van der Waals surface area contributed by atoms with E-state index in [0.717, 1.165) is 17.7 Å². The summed E-state index contributed by atoms with van der Waals surface area (Å²) in [7, 11) is -3.73. The van der Waals surface area contributed by atoms with Gasteiger partial charge in [0, 0.05) is 32.0 Å². The summed E-state index contributed by atoms with van der Waals surface area (Å²) in [5, 5.41) is 2.85. The van der Waals surface area contributed by atoms with Gasteiger partial charge in [-0.05, 0) is 54.8 Å². The van der Waals surface area contributed by atoms with Crippen LogP contribution in [0.1, 0.15) is 18.4 Å². The first-order chi connectivity index (χ1) is 12.5. The third-order valence-electron chi connectivity index (χ3n) is 4.42. The predicted molar refractivity (Wildman–Crippen MR) is 94.0 cm³/mol. The molecular weight excluding hydrogens is 357 g/mol. The normalized spacial score (nSPS) is 18.4. The molecule has 2 heterocycles. The number of halogens is 1. The SMILES string of the molecule is O=C(NCc1ccncc1)C1CCCN(S(=O)(=O)c2ccc(F)cc2)C1. The van der Waals surface area contributed by atoms with E-state index in [1.807, 2.05) is 12.1 Å². The van der Waals surface area contributed by atoms with Crippen LogP contribution >= 0.6 is 0 Å². The van der Waals surface area contributed by atoms with Crippen molar-refractivity contribution < 1.29 is 17.6 Å². The number of carbonyl (C=O) groups is 1. The van der Waals surface area contributed by atoms with E-state index in [4.69, 9.17) is 0 Å². The van der Waals surface area contributed by atoms with Crippen molar-refractivity contribution >= 4 is 15.9 Å². The van der Waals surface area contributed by atoms with Crippen molar-refractivity contribution in [1.29, 1.82) is 0 Å². The van der Waals surface area contributed by atoms with E-state index in [2.05, 4.69) is 10.3 Å². The molecule has 0 aliphatic carbocycles. The molecule has 0 saturated carbocycles. The van der Waals surface area contributed by atoms with E-state index in [0.29, 0.717) is 25.9 Å². The van der Waals surface area contributed by atoms with Gasteiger partial charge in [-0.25, -0.2) is 12.8 Å². The largest absolute Gasteiger partial charge is 0.352 e. The molecule has 8 heteroatoms. The topological polar surface area (TPSA) is 79.4 Å². The van der Waals surface area contributed by atoms with Gasteiger partial charge in [0.2, 0.25) is 15.9 Å². The van der Waals surface area contributed by atoms with Crippen LogP contribution in [0.5, 0.6) is 0 Å². The molecule has 138 valence electrons. The highest BCUT2D eigenvalue weighted by Gasteiger charge is 2.33. The lowest BCUT2D eigenvalue weighted by Gasteiger charge is -2.31. The molecule has 1 saturated heterocycles. The first-order valence-electron chi connectivity index (χ1n) is 8.39. The molecule has 1 aliphatic rings. The highest BCUT2D eigenvalue weighted by molar-refractivity contribution is 7.89. The minimum absolute atomic E-state index is 0.0387. The number of aromatic nitrogens is 1. The summed E-state index contributed by atoms with van der Waals surface area (Å²) >= 11 is 0. The van der Waals surface area contributed by atoms with E-state index >= 15 is 0 Å². The van der Waals surface area contributed by atoms with Gasteiger partial charge in [0.05, 0.1) is 10.8 Å². The van der Waals surface area contributed by atoms with Crippen LogP contribution in [0.2, 0.25) is 0 Å². The Kier molecular flexibility index (Phi) is 5.63. The molecule has 26 heavy (non-hydrogen) atoms. The number of carbonyl (C=O) groups excluding carboxylic acids is 1. The number of sulfonamides is 1. The zero-order chi connectivity index (χ0) is 18.6. The lowest BCUT2D eigenvalue weighted by Crippen LogP contribution is -2.45. The number of pyridine rings is 1. The van der Waals surface area contributed by atoms with Crippen molar-refractivity contribution in [1.82, 2.24) is 14.6 Å². The van der Waals surface area contributed by atoms with Gasteiger partial charge in [0.15, 0.2) is 0 Å². The molecule has 1 aromatic carbocycles. The van der Waals surface area contributed by atoms with Gasteiger partial charge in [0.1, 0.15) is 5.82 Å². The fourth-order valence-corrected chi connectivity index (χ4v) is 4.49. The van der Waals surface area contributed by atoms with Crippen LogP contribution in [-0.4, -0.2) is 36.7 Å². The Balaban J connectivity index is 1.64. The molecule has 3 rings (SSSR count). The van der Waals surface area contributed by atoms with Gasteiger partial charge in [-0.15, -0.1) is 0 Å². The number of benzene rings is 1. The van der Waals surface area contributed by atoms with E-state index in [-0.39, 0.29) is 17.3 Å². The minimum Gasteiger partial charge on any atom is -0.352 e. The van der Waals surface area contributed by atoms with Crippen molar-refractivity contribution in [2.45, 2.75) is 24.3 Å². The summed E-state index contributed by atoms with van der Waals surface area (Å²) in [5.74, 6) is -1.06. The number of hydrogen-bond acceptors (Lipinski definition) is 4. The summed E-state index contributed by atoms with van der Waals surface area (Å²) < 4.78 is 39.8. The molecule has 6 nitrogen and oxygen atoms in total. The molecule has 1 aliphatic heterocycles. The highest BCUT2D eigenvalue weighted by Crippen LogP contribution is 2.24. The van der Waals surface area contributed by atoms with E-state index in [9.17, 15) is 17.6 Å². The highest BCUT2D eigenvalue weighted by atomic mass is 32.2. The Hall–Kier alpha value is -2.32. The Labute approximate surface area is 152 Å². The van der Waals surface area contributed by atoms with Crippen LogP contribution in [0.15, 0.2) is 53.7 Å². The van der Waals surface area contributed by atoms with Crippen molar-refractivity contribution in [2.75, 3.05) is 13.1 Å². The lowest BCUT2D eigenvalue weighted by atomic mass is 9.99. The fourth-order valence-electron chi connectivity index (χ4n) is 2.96. The van der Waals surface area contributed by atoms with Crippen LogP contribution in [0.4, 0.5) is 4.39 Å². The van der Waals surface area contributed by atoms with Gasteiger partial charge >= 0.3 is 0 Å². The van der Waals surface area contributed by atoms with Gasteiger partial charge in [0.25, 0.3) is 0 Å². The quantitative estimate of drug-likeness (QED) is 0.864. The second-order valence-corrected chi connectivity index (χ2v) is 8.17. The van der Waals surface area contributed by atoms with Gasteiger partial charge < -0.3 is 5.32 Å². The minimum atomic E-state index is -3.73. The smallest absolute Gasteiger partial charge is 0.243 e. The number of nitrogens with zero attached hydrogens (tertiary/aromatic N) is 2. The second-order valence-electron chi connectivity index (χ2n) is 6.23. The molecule has 0 bridgehead atoms. The third kappa shape index (κ3) is 4.25. The Bertz CT molecular complexity index is 857.